The molecule has 0 N–H and O–H groups in total. The number of hydrogen-bond donors (Lipinski definition) is 0. The van der Waals surface area contributed by atoms with Crippen LogP contribution in [-0.2, 0) is 16.1 Å². The molecular weight excluding hydrogens is 372 g/mol. The largest absolute Gasteiger partial charge is 0.497 e. The number of halogens is 1. The Balaban J connectivity index is 1.52. The summed E-state index contributed by atoms with van der Waals surface area (Å²) in [6.07, 6.45) is 0. The summed E-state index contributed by atoms with van der Waals surface area (Å²) in [5.74, 6) is 1.26. The van der Waals surface area contributed by atoms with Crippen molar-refractivity contribution in [1.29, 1.82) is 0 Å². The standard InChI is InChI=1S/C19H17ClN2O5/c1-12-8-14(20)6-7-16(12)25-11-18(23)26-10-17-21-19(22-27-17)13-4-3-5-15(9-13)24-2/h3-9H,10-11H2,1-2H3. The predicted octanol–water partition coefficient (Wildman–Crippen LogP) is 3.83. The van der Waals surface area contributed by atoms with Gasteiger partial charge in [0.2, 0.25) is 5.82 Å². The first-order chi connectivity index (χ1) is 13.0. The number of ether oxygens (including phenoxy) is 3. The summed E-state index contributed by atoms with van der Waals surface area (Å²) >= 11 is 5.88. The lowest BCUT2D eigenvalue weighted by Crippen LogP contribution is -2.15. The maximum atomic E-state index is 11.8. The van der Waals surface area contributed by atoms with Crippen LogP contribution in [0.15, 0.2) is 47.0 Å². The Bertz CT molecular complexity index is 941. The molecule has 8 heteroatoms. The van der Waals surface area contributed by atoms with Crippen molar-refractivity contribution in [2.75, 3.05) is 13.7 Å². The monoisotopic (exact) mass is 388 g/mol. The summed E-state index contributed by atoms with van der Waals surface area (Å²) < 4.78 is 20.8. The fourth-order valence-electron chi connectivity index (χ4n) is 2.29. The summed E-state index contributed by atoms with van der Waals surface area (Å²) in [5.41, 5.74) is 1.56. The SMILES string of the molecule is COc1cccc(-c2noc(COC(=O)COc3ccc(Cl)cc3C)n2)c1. The van der Waals surface area contributed by atoms with E-state index in [-0.39, 0.29) is 19.1 Å². The highest BCUT2D eigenvalue weighted by Gasteiger charge is 2.12. The van der Waals surface area contributed by atoms with Gasteiger partial charge in [-0.2, -0.15) is 4.98 Å². The van der Waals surface area contributed by atoms with Gasteiger partial charge in [-0.1, -0.05) is 28.9 Å². The zero-order valence-corrected chi connectivity index (χ0v) is 15.5. The number of nitrogens with zero attached hydrogens (tertiary/aromatic N) is 2. The summed E-state index contributed by atoms with van der Waals surface area (Å²) in [6.45, 7) is 1.46. The molecule has 0 fully saturated rings. The maximum absolute atomic E-state index is 11.8. The van der Waals surface area contributed by atoms with Crippen molar-refractivity contribution < 1.29 is 23.5 Å². The molecule has 7 nitrogen and oxygen atoms in total. The van der Waals surface area contributed by atoms with Gasteiger partial charge in [0.15, 0.2) is 13.2 Å². The van der Waals surface area contributed by atoms with Crippen LogP contribution >= 0.6 is 11.6 Å². The molecule has 1 heterocycles. The second-order valence-electron chi connectivity index (χ2n) is 5.60. The van der Waals surface area contributed by atoms with Crippen LogP contribution in [0.2, 0.25) is 5.02 Å². The fourth-order valence-corrected chi connectivity index (χ4v) is 2.51. The summed E-state index contributed by atoms with van der Waals surface area (Å²) in [6, 6.07) is 12.4. The number of rotatable bonds is 7. The number of hydrogen-bond acceptors (Lipinski definition) is 7. The zero-order valence-electron chi connectivity index (χ0n) is 14.8. The van der Waals surface area contributed by atoms with E-state index in [1.165, 1.54) is 0 Å². The molecule has 0 unspecified atom stereocenters. The zero-order chi connectivity index (χ0) is 19.2. The maximum Gasteiger partial charge on any atom is 0.344 e. The lowest BCUT2D eigenvalue weighted by atomic mass is 10.2. The first kappa shape index (κ1) is 18.7. The van der Waals surface area contributed by atoms with Crippen LogP contribution in [0.4, 0.5) is 0 Å². The van der Waals surface area contributed by atoms with E-state index in [0.29, 0.717) is 22.3 Å². The Morgan fingerprint density at radius 3 is 2.85 bits per heavy atom. The highest BCUT2D eigenvalue weighted by Crippen LogP contribution is 2.22. The molecule has 0 amide bonds. The molecular formula is C19H17ClN2O5. The summed E-state index contributed by atoms with van der Waals surface area (Å²) in [7, 11) is 1.58. The van der Waals surface area contributed by atoms with E-state index in [9.17, 15) is 4.79 Å². The third-order valence-corrected chi connectivity index (χ3v) is 3.87. The number of aromatic nitrogens is 2. The van der Waals surface area contributed by atoms with E-state index < -0.39 is 5.97 Å². The third kappa shape index (κ3) is 4.98. The first-order valence-corrected chi connectivity index (χ1v) is 8.44. The number of methoxy groups -OCH3 is 1. The average molecular weight is 389 g/mol. The van der Waals surface area contributed by atoms with Gasteiger partial charge in [-0.25, -0.2) is 4.79 Å². The lowest BCUT2D eigenvalue weighted by Gasteiger charge is -2.08. The number of carbonyl (C=O) groups is 1. The van der Waals surface area contributed by atoms with Gasteiger partial charge >= 0.3 is 5.97 Å². The Kier molecular flexibility index (Phi) is 5.93. The topological polar surface area (TPSA) is 83.7 Å². The molecule has 0 aliphatic rings. The van der Waals surface area contributed by atoms with Gasteiger partial charge in [0, 0.05) is 10.6 Å². The molecule has 27 heavy (non-hydrogen) atoms. The Morgan fingerprint density at radius 2 is 2.07 bits per heavy atom. The van der Waals surface area contributed by atoms with Gasteiger partial charge < -0.3 is 18.7 Å². The molecule has 0 aliphatic heterocycles. The van der Waals surface area contributed by atoms with Gasteiger partial charge in [0.05, 0.1) is 7.11 Å². The van der Waals surface area contributed by atoms with Gasteiger partial charge in [0.1, 0.15) is 11.5 Å². The van der Waals surface area contributed by atoms with Crippen LogP contribution in [0, 0.1) is 6.92 Å². The molecule has 140 valence electrons. The highest BCUT2D eigenvalue weighted by molar-refractivity contribution is 6.30. The van der Waals surface area contributed by atoms with Crippen LogP contribution in [0.25, 0.3) is 11.4 Å². The minimum absolute atomic E-state index is 0.140. The van der Waals surface area contributed by atoms with Gasteiger partial charge in [0.25, 0.3) is 5.89 Å². The molecule has 3 aromatic rings. The van der Waals surface area contributed by atoms with Crippen LogP contribution in [0.3, 0.4) is 0 Å². The average Bonchev–Trinajstić information content (AvgIpc) is 3.15. The molecule has 0 aliphatic carbocycles. The van der Waals surface area contributed by atoms with Crippen molar-refractivity contribution >= 4 is 17.6 Å². The van der Waals surface area contributed by atoms with Crippen LogP contribution in [0.1, 0.15) is 11.5 Å². The van der Waals surface area contributed by atoms with E-state index >= 15 is 0 Å². The Labute approximate surface area is 160 Å². The summed E-state index contributed by atoms with van der Waals surface area (Å²) in [5, 5.41) is 4.48. The molecule has 0 radical (unpaired) electrons. The fraction of sp³-hybridized carbons (Fsp3) is 0.211. The smallest absolute Gasteiger partial charge is 0.344 e. The van der Waals surface area contributed by atoms with Crippen molar-refractivity contribution in [2.24, 2.45) is 0 Å². The third-order valence-electron chi connectivity index (χ3n) is 3.64. The number of aryl methyl sites for hydroxylation is 1. The van der Waals surface area contributed by atoms with Gasteiger partial charge in [-0.3, -0.25) is 0 Å². The molecule has 1 aromatic heterocycles. The van der Waals surface area contributed by atoms with Crippen molar-refractivity contribution in [2.45, 2.75) is 13.5 Å². The number of esters is 1. The van der Waals surface area contributed by atoms with Crippen molar-refractivity contribution in [3.63, 3.8) is 0 Å². The minimum atomic E-state index is -0.550. The van der Waals surface area contributed by atoms with E-state index in [0.717, 1.165) is 11.1 Å². The number of benzene rings is 2. The molecule has 3 rings (SSSR count). The first-order valence-electron chi connectivity index (χ1n) is 8.07. The highest BCUT2D eigenvalue weighted by atomic mass is 35.5. The lowest BCUT2D eigenvalue weighted by molar-refractivity contribution is -0.148. The normalized spacial score (nSPS) is 10.5. The van der Waals surface area contributed by atoms with Crippen LogP contribution in [0.5, 0.6) is 11.5 Å². The Morgan fingerprint density at radius 1 is 1.22 bits per heavy atom. The van der Waals surface area contributed by atoms with Crippen molar-refractivity contribution in [3.05, 3.63) is 58.9 Å². The van der Waals surface area contributed by atoms with Crippen molar-refractivity contribution in [3.8, 4) is 22.9 Å². The van der Waals surface area contributed by atoms with Crippen molar-refractivity contribution in [1.82, 2.24) is 10.1 Å². The molecule has 0 saturated carbocycles. The second kappa shape index (κ2) is 8.55. The van der Waals surface area contributed by atoms with E-state index in [4.69, 9.17) is 30.3 Å². The van der Waals surface area contributed by atoms with E-state index in [2.05, 4.69) is 10.1 Å². The summed E-state index contributed by atoms with van der Waals surface area (Å²) in [4.78, 5) is 16.1. The predicted molar refractivity (Wildman–Crippen MR) is 97.8 cm³/mol. The van der Waals surface area contributed by atoms with Gasteiger partial charge in [-0.15, -0.1) is 0 Å². The molecule has 0 saturated heterocycles. The van der Waals surface area contributed by atoms with E-state index in [1.54, 1.807) is 31.4 Å². The second-order valence-corrected chi connectivity index (χ2v) is 6.04. The number of carbonyl (C=O) groups excluding carboxylic acids is 1. The van der Waals surface area contributed by atoms with Crippen LogP contribution in [-0.4, -0.2) is 29.8 Å². The molecule has 0 spiro atoms. The molecule has 0 atom stereocenters. The quantitative estimate of drug-likeness (QED) is 0.568. The molecule has 2 aromatic carbocycles. The van der Waals surface area contributed by atoms with E-state index in [1.807, 2.05) is 25.1 Å². The molecule has 0 bridgehead atoms. The van der Waals surface area contributed by atoms with Crippen LogP contribution < -0.4 is 9.47 Å². The van der Waals surface area contributed by atoms with Gasteiger partial charge in [-0.05, 0) is 42.8 Å². The Hall–Kier alpha value is -3.06. The minimum Gasteiger partial charge on any atom is -0.497 e.